The van der Waals surface area contributed by atoms with Crippen LogP contribution in [0.5, 0.6) is 0 Å². The monoisotopic (exact) mass is 997 g/mol. The minimum Gasteiger partial charge on any atom is -0.0628 e. The molecule has 0 N–H and O–H groups in total. The second-order valence-electron chi connectivity index (χ2n) is 22.0. The quantitative estimate of drug-likeness (QED) is 0.0564. The van der Waals surface area contributed by atoms with Crippen molar-refractivity contribution < 1.29 is 42.5 Å². The van der Waals surface area contributed by atoms with Crippen LogP contribution in [0, 0.1) is 17.8 Å². The zero-order chi connectivity index (χ0) is 48.1. The van der Waals surface area contributed by atoms with Gasteiger partial charge >= 0.3 is 287 Å². The van der Waals surface area contributed by atoms with E-state index in [0.29, 0.717) is 25.7 Å². The van der Waals surface area contributed by atoms with Crippen molar-refractivity contribution in [3.8, 4) is 0 Å². The molecule has 0 aromatic rings. The van der Waals surface area contributed by atoms with Crippen molar-refractivity contribution in [3.05, 3.63) is 0 Å². The molecule has 0 spiro atoms. The zero-order valence-corrected chi connectivity index (χ0v) is 47.5. The van der Waals surface area contributed by atoms with Gasteiger partial charge in [-0.2, -0.15) is 0 Å². The Morgan fingerprint density at radius 2 is 0.569 bits per heavy atom. The van der Waals surface area contributed by atoms with Gasteiger partial charge in [-0.1, -0.05) is 106 Å². The van der Waals surface area contributed by atoms with Crippen molar-refractivity contribution in [2.24, 2.45) is 17.8 Å². The molecule has 0 bridgehead atoms. The zero-order valence-electron chi connectivity index (χ0n) is 45.0. The number of carbonyl (C=O) groups is 3. The van der Waals surface area contributed by atoms with Crippen LogP contribution in [0.2, 0.25) is 0 Å². The van der Waals surface area contributed by atoms with E-state index in [1.165, 1.54) is 173 Å². The van der Waals surface area contributed by atoms with E-state index in [2.05, 4.69) is 41.5 Å². The van der Waals surface area contributed by atoms with E-state index in [-0.39, 0.29) is 25.9 Å². The molecule has 0 radical (unpaired) electrons. The predicted octanol–water partition coefficient (Wildman–Crippen LogP) is 19.6. The van der Waals surface area contributed by atoms with Gasteiger partial charge in [0.1, 0.15) is 0 Å². The Hall–Kier alpha value is -0.547. The van der Waals surface area contributed by atoms with E-state index >= 15 is 2.81 Å². The normalized spacial score (nSPS) is 12.3. The third-order valence-corrected chi connectivity index (χ3v) is 23.1. The van der Waals surface area contributed by atoms with Gasteiger partial charge in [-0.3, -0.25) is 0 Å². The Morgan fingerprint density at radius 1 is 0.338 bits per heavy atom. The summed E-state index contributed by atoms with van der Waals surface area (Å²) in [4.78, 5) is 42.0. The van der Waals surface area contributed by atoms with Crippen molar-refractivity contribution in [3.63, 3.8) is 0 Å². The first-order valence-corrected chi connectivity index (χ1v) is 34.6. The average molecular weight is 999 g/mol. The van der Waals surface area contributed by atoms with Gasteiger partial charge in [0.05, 0.1) is 0 Å². The summed E-state index contributed by atoms with van der Waals surface area (Å²) in [6.45, 7) is 15.8. The van der Waals surface area contributed by atoms with Crippen molar-refractivity contribution in [2.45, 2.75) is 331 Å². The number of rotatable bonds is 52. The van der Waals surface area contributed by atoms with Gasteiger partial charge in [-0.25, -0.2) is 0 Å². The van der Waals surface area contributed by atoms with Crippen LogP contribution in [-0.4, -0.2) is 19.6 Å². The maximum atomic E-state index is 15.3. The number of carbonyl (C=O) groups excluding carboxylic acids is 3. The standard InChI is InChI=1S/C18H36O2.2C18H35O.C4H9O.O.Zr/c1-17(2)15-13-11-9-7-5-3-4-6-8-10-12-14-16-18(19)20;2*1-18(2)16-14-12-10-8-6-4-3-5-7-9-11-13-15-17-19;1-2-3-4-5;;/h17H,3-16H2,1-2H3,(H,19,20);2*18H,3-16H2,1-2H3;2-4H2,1H3;;/q;;;-1;;+2/p-1. The average Bonchev–Trinajstić information content (AvgIpc) is 3.26. The molecular weight excluding hydrogens is 884 g/mol. The second kappa shape index (κ2) is 44.6. The predicted molar refractivity (Wildman–Crippen MR) is 276 cm³/mol. The molecule has 0 aliphatic carbocycles. The van der Waals surface area contributed by atoms with Gasteiger partial charge in [0.25, 0.3) is 0 Å². The molecule has 0 atom stereocenters. The second-order valence-corrected chi connectivity index (χ2v) is 30.8. The minimum absolute atomic E-state index is 0.00402. The number of hydrogen-bond acceptors (Lipinski definition) is 6. The Kier molecular flexibility index (Phi) is 44.3. The Labute approximate surface area is 408 Å². The topological polar surface area (TPSA) is 86.7 Å². The first kappa shape index (κ1) is 64.5. The summed E-state index contributed by atoms with van der Waals surface area (Å²) in [6, 6.07) is 0. The first-order chi connectivity index (χ1) is 31.4. The third kappa shape index (κ3) is 38.0. The fraction of sp³-hybridized carbons (Fsp3) is 0.948. The van der Waals surface area contributed by atoms with E-state index in [9.17, 15) is 14.4 Å². The molecule has 0 unspecified atom stereocenters. The molecule has 0 heterocycles. The van der Waals surface area contributed by atoms with E-state index in [1.807, 2.05) is 6.92 Å². The molecule has 6 nitrogen and oxygen atoms in total. The summed E-state index contributed by atoms with van der Waals surface area (Å²) in [7, 11) is 0. The van der Waals surface area contributed by atoms with E-state index in [0.717, 1.165) is 82.0 Å². The molecule has 0 aliphatic heterocycles. The molecule has 0 amide bonds. The van der Waals surface area contributed by atoms with Gasteiger partial charge in [-0.15, -0.1) is 0 Å². The van der Waals surface area contributed by atoms with Gasteiger partial charge in [0.2, 0.25) is 0 Å². The van der Waals surface area contributed by atoms with E-state index < -0.39 is 32.6 Å². The molecule has 65 heavy (non-hydrogen) atoms. The Bertz CT molecular complexity index is 1110. The Morgan fingerprint density at radius 3 is 0.815 bits per heavy atom. The molecule has 0 saturated heterocycles. The van der Waals surface area contributed by atoms with Crippen LogP contribution in [0.3, 0.4) is 0 Å². The maximum absolute atomic E-state index is 15.3. The van der Waals surface area contributed by atoms with Crippen LogP contribution in [-0.2, 0) is 42.5 Å². The molecule has 0 aromatic carbocycles. The fourth-order valence-electron chi connectivity index (χ4n) is 9.35. The van der Waals surface area contributed by atoms with Crippen molar-refractivity contribution in [2.75, 3.05) is 6.61 Å². The number of hydrogen-bond donors (Lipinski definition) is 0. The Balaban J connectivity index is 5.07. The summed E-state index contributed by atoms with van der Waals surface area (Å²) >= 11 is -7.03. The third-order valence-electron chi connectivity index (χ3n) is 13.9. The van der Waals surface area contributed by atoms with Gasteiger partial charge < -0.3 is 0 Å². The van der Waals surface area contributed by atoms with Crippen LogP contribution < -0.4 is 0 Å². The fourth-order valence-corrected chi connectivity index (χ4v) is 17.1. The summed E-state index contributed by atoms with van der Waals surface area (Å²) in [5, 5.41) is 0. The van der Waals surface area contributed by atoms with Crippen molar-refractivity contribution in [1.29, 1.82) is 0 Å². The minimum atomic E-state index is -7.03. The summed E-state index contributed by atoms with van der Waals surface area (Å²) < 4.78 is 25.8. The molecule has 7 heteroatoms. The van der Waals surface area contributed by atoms with Crippen LogP contribution in [0.4, 0.5) is 0 Å². The molecule has 0 aliphatic rings. The van der Waals surface area contributed by atoms with Crippen LogP contribution in [0.1, 0.15) is 331 Å². The van der Waals surface area contributed by atoms with E-state index in [4.69, 9.17) is 5.63 Å². The van der Waals surface area contributed by atoms with Gasteiger partial charge in [0, 0.05) is 0 Å². The molecular formula is C58H114O6Zr. The van der Waals surface area contributed by atoms with Crippen LogP contribution >= 0.6 is 0 Å². The molecule has 0 aromatic heterocycles. The van der Waals surface area contributed by atoms with Crippen molar-refractivity contribution in [1.82, 2.24) is 0 Å². The first-order valence-electron chi connectivity index (χ1n) is 29.2. The number of unbranched alkanes of at least 4 members (excludes halogenated alkanes) is 34. The molecule has 386 valence electrons. The van der Waals surface area contributed by atoms with Gasteiger partial charge in [0.15, 0.2) is 0 Å². The smallest absolute Gasteiger partial charge is 0.0628 e. The van der Waals surface area contributed by atoms with Gasteiger partial charge in [-0.05, 0) is 17.8 Å². The summed E-state index contributed by atoms with van der Waals surface area (Å²) in [5.41, 5.74) is 0. The van der Waals surface area contributed by atoms with Crippen molar-refractivity contribution >= 4 is 13.0 Å². The molecule has 0 rings (SSSR count). The van der Waals surface area contributed by atoms with E-state index in [1.54, 1.807) is 0 Å². The summed E-state index contributed by atoms with van der Waals surface area (Å²) in [6.07, 6.45) is 47.5. The van der Waals surface area contributed by atoms with Crippen LogP contribution in [0.25, 0.3) is 0 Å². The van der Waals surface area contributed by atoms with Crippen LogP contribution in [0.15, 0.2) is 0 Å². The molecule has 0 fully saturated rings. The molecule has 0 saturated carbocycles. The summed E-state index contributed by atoms with van der Waals surface area (Å²) in [5.74, 6) is 1.74. The SMILES string of the molecule is CCCC[O][Zr](=[O])([O]C(=O)CCCCCCCCCCCCCCC(C)C)([C](=O)CCCCCCCCCCCCCCC(C)C)[C](=O)CCCCCCCCCCCCCCC(C)C.